The number of aryl methyl sites for hydroxylation is 3. The molecule has 0 bridgehead atoms. The molecule has 0 saturated carbocycles. The van der Waals surface area contributed by atoms with Crippen LogP contribution in [0.25, 0.3) is 21.7 Å². The molecule has 0 fully saturated rings. The van der Waals surface area contributed by atoms with Gasteiger partial charge in [-0.3, -0.25) is 4.79 Å². The summed E-state index contributed by atoms with van der Waals surface area (Å²) in [6.07, 6.45) is 1.92. The maximum Gasteiger partial charge on any atom is 0.251 e. The van der Waals surface area contributed by atoms with Gasteiger partial charge in [-0.1, -0.05) is 35.4 Å². The highest BCUT2D eigenvalue weighted by Crippen LogP contribution is 2.38. The quantitative estimate of drug-likeness (QED) is 0.570. The van der Waals surface area contributed by atoms with Crippen molar-refractivity contribution in [2.45, 2.75) is 26.3 Å². The Morgan fingerprint density at radius 3 is 2.75 bits per heavy atom. The van der Waals surface area contributed by atoms with Crippen molar-refractivity contribution in [3.8, 4) is 0 Å². The number of rotatable bonds is 0. The molecular formula is C17H14ClNO. The lowest BCUT2D eigenvalue weighted by Gasteiger charge is -2.22. The summed E-state index contributed by atoms with van der Waals surface area (Å²) in [5, 5.41) is 4.19. The lowest BCUT2D eigenvalue weighted by molar-refractivity contribution is 0.616. The lowest BCUT2D eigenvalue weighted by Crippen LogP contribution is -2.23. The maximum atomic E-state index is 12.1. The van der Waals surface area contributed by atoms with Crippen LogP contribution in [0, 0.1) is 6.92 Å². The molecule has 1 aliphatic heterocycles. The van der Waals surface area contributed by atoms with Crippen LogP contribution in [0.15, 0.2) is 35.1 Å². The Hall–Kier alpha value is -1.80. The molecule has 2 aromatic carbocycles. The first-order valence-electron chi connectivity index (χ1n) is 6.91. The van der Waals surface area contributed by atoms with Gasteiger partial charge in [0.25, 0.3) is 5.56 Å². The molecular weight excluding hydrogens is 270 g/mol. The molecule has 0 aliphatic carbocycles. The normalized spacial score (nSPS) is 14.1. The fourth-order valence-corrected chi connectivity index (χ4v) is 3.67. The molecule has 0 spiro atoms. The number of hydrogen-bond acceptors (Lipinski definition) is 1. The Balaban J connectivity index is 2.36. The van der Waals surface area contributed by atoms with Crippen LogP contribution in [0.3, 0.4) is 0 Å². The molecule has 4 rings (SSSR count). The summed E-state index contributed by atoms with van der Waals surface area (Å²) in [6.45, 7) is 2.87. The third-order valence-corrected chi connectivity index (χ3v) is 4.68. The van der Waals surface area contributed by atoms with Crippen molar-refractivity contribution in [1.29, 1.82) is 0 Å². The molecule has 0 saturated heterocycles. The lowest BCUT2D eigenvalue weighted by atomic mass is 9.94. The van der Waals surface area contributed by atoms with Gasteiger partial charge in [0.2, 0.25) is 0 Å². The van der Waals surface area contributed by atoms with Crippen LogP contribution in [-0.2, 0) is 13.0 Å². The molecule has 0 amide bonds. The average molecular weight is 284 g/mol. The van der Waals surface area contributed by atoms with Crippen LogP contribution in [0.2, 0.25) is 5.02 Å². The van der Waals surface area contributed by atoms with Crippen molar-refractivity contribution < 1.29 is 0 Å². The van der Waals surface area contributed by atoms with Gasteiger partial charge in [-0.2, -0.15) is 0 Å². The van der Waals surface area contributed by atoms with E-state index in [0.717, 1.165) is 51.6 Å². The maximum absolute atomic E-state index is 12.1. The van der Waals surface area contributed by atoms with Gasteiger partial charge in [0.05, 0.1) is 10.5 Å². The molecule has 0 N–H and O–H groups in total. The third-order valence-electron chi connectivity index (χ3n) is 4.24. The molecule has 0 atom stereocenters. The molecule has 1 aliphatic rings. The Labute approximate surface area is 121 Å². The van der Waals surface area contributed by atoms with Crippen LogP contribution in [0.1, 0.15) is 17.5 Å². The number of aromatic nitrogens is 1. The predicted octanol–water partition coefficient (Wildman–Crippen LogP) is 4.06. The first-order chi connectivity index (χ1) is 9.66. The SMILES string of the molecule is Cc1ccc2c(Cl)c3c4c(ccc(=O)n4CCC3)c2c1. The average Bonchev–Trinajstić information content (AvgIpc) is 2.46. The minimum absolute atomic E-state index is 0.0709. The first-order valence-corrected chi connectivity index (χ1v) is 7.29. The highest BCUT2D eigenvalue weighted by molar-refractivity contribution is 6.38. The Kier molecular flexibility index (Phi) is 2.45. The zero-order valence-corrected chi connectivity index (χ0v) is 12.0. The molecule has 3 heteroatoms. The van der Waals surface area contributed by atoms with Crippen LogP contribution < -0.4 is 5.56 Å². The summed E-state index contributed by atoms with van der Waals surface area (Å²) in [5.74, 6) is 0. The van der Waals surface area contributed by atoms with E-state index >= 15 is 0 Å². The van der Waals surface area contributed by atoms with E-state index in [1.807, 2.05) is 10.6 Å². The number of halogens is 1. The molecule has 0 radical (unpaired) electrons. The highest BCUT2D eigenvalue weighted by Gasteiger charge is 2.19. The van der Waals surface area contributed by atoms with E-state index in [9.17, 15) is 4.79 Å². The number of hydrogen-bond donors (Lipinski definition) is 0. The monoisotopic (exact) mass is 283 g/mol. The van der Waals surface area contributed by atoms with Gasteiger partial charge in [-0.15, -0.1) is 0 Å². The van der Waals surface area contributed by atoms with E-state index in [-0.39, 0.29) is 5.56 Å². The van der Waals surface area contributed by atoms with E-state index < -0.39 is 0 Å². The molecule has 1 aromatic heterocycles. The van der Waals surface area contributed by atoms with Gasteiger partial charge >= 0.3 is 0 Å². The van der Waals surface area contributed by atoms with Crippen molar-refractivity contribution in [3.63, 3.8) is 0 Å². The van der Waals surface area contributed by atoms with Gasteiger partial charge in [0.15, 0.2) is 0 Å². The Morgan fingerprint density at radius 2 is 1.90 bits per heavy atom. The molecule has 100 valence electrons. The third kappa shape index (κ3) is 1.49. The van der Waals surface area contributed by atoms with Crippen molar-refractivity contribution >= 4 is 33.3 Å². The summed E-state index contributed by atoms with van der Waals surface area (Å²) in [7, 11) is 0. The molecule has 2 heterocycles. The van der Waals surface area contributed by atoms with E-state index in [0.29, 0.717) is 0 Å². The van der Waals surface area contributed by atoms with E-state index in [1.165, 1.54) is 5.56 Å². The Morgan fingerprint density at radius 1 is 1.10 bits per heavy atom. The van der Waals surface area contributed by atoms with Crippen LogP contribution in [-0.4, -0.2) is 4.57 Å². The number of nitrogens with zero attached hydrogens (tertiary/aromatic N) is 1. The van der Waals surface area contributed by atoms with Gasteiger partial charge in [-0.05, 0) is 36.8 Å². The van der Waals surface area contributed by atoms with Gasteiger partial charge in [0, 0.05) is 23.4 Å². The topological polar surface area (TPSA) is 22.0 Å². The van der Waals surface area contributed by atoms with Crippen LogP contribution >= 0.6 is 11.6 Å². The summed E-state index contributed by atoms with van der Waals surface area (Å²) in [5.41, 5.74) is 3.44. The number of benzene rings is 2. The standard InChI is InChI=1S/C17H14ClNO/c1-10-4-5-11-14(9-10)12-6-7-15(20)19-8-2-3-13(16(11)18)17(12)19/h4-7,9H,2-3,8H2,1H3. The minimum Gasteiger partial charge on any atom is -0.308 e. The largest absolute Gasteiger partial charge is 0.308 e. The highest BCUT2D eigenvalue weighted by atomic mass is 35.5. The van der Waals surface area contributed by atoms with Crippen molar-refractivity contribution in [3.05, 3.63) is 56.8 Å². The summed E-state index contributed by atoms with van der Waals surface area (Å²) in [6, 6.07) is 9.95. The molecule has 3 aromatic rings. The number of fused-ring (bicyclic) bond motifs is 2. The summed E-state index contributed by atoms with van der Waals surface area (Å²) in [4.78, 5) is 12.1. The van der Waals surface area contributed by atoms with Gasteiger partial charge in [0.1, 0.15) is 0 Å². The Bertz CT molecular complexity index is 924. The fraction of sp³-hybridized carbons (Fsp3) is 0.235. The van der Waals surface area contributed by atoms with Crippen LogP contribution in [0.5, 0.6) is 0 Å². The van der Waals surface area contributed by atoms with E-state index in [2.05, 4.69) is 25.1 Å². The van der Waals surface area contributed by atoms with Gasteiger partial charge < -0.3 is 4.57 Å². The van der Waals surface area contributed by atoms with Crippen molar-refractivity contribution in [1.82, 2.24) is 4.57 Å². The second-order valence-corrected chi connectivity index (χ2v) is 5.91. The zero-order chi connectivity index (χ0) is 13.9. The summed E-state index contributed by atoms with van der Waals surface area (Å²) >= 11 is 6.62. The van der Waals surface area contributed by atoms with E-state index in [1.54, 1.807) is 6.07 Å². The van der Waals surface area contributed by atoms with Crippen molar-refractivity contribution in [2.75, 3.05) is 0 Å². The fourth-order valence-electron chi connectivity index (χ4n) is 3.32. The first kappa shape index (κ1) is 12.0. The van der Waals surface area contributed by atoms with Crippen LogP contribution in [0.4, 0.5) is 0 Å². The predicted molar refractivity (Wildman–Crippen MR) is 83.8 cm³/mol. The van der Waals surface area contributed by atoms with E-state index in [4.69, 9.17) is 11.6 Å². The minimum atomic E-state index is 0.0709. The second kappa shape index (κ2) is 4.10. The van der Waals surface area contributed by atoms with Crippen molar-refractivity contribution in [2.24, 2.45) is 0 Å². The number of pyridine rings is 1. The summed E-state index contributed by atoms with van der Waals surface area (Å²) < 4.78 is 1.88. The molecule has 0 unspecified atom stereocenters. The molecule has 20 heavy (non-hydrogen) atoms. The molecule has 2 nitrogen and oxygen atoms in total. The van der Waals surface area contributed by atoms with Gasteiger partial charge in [-0.25, -0.2) is 0 Å². The smallest absolute Gasteiger partial charge is 0.251 e. The zero-order valence-electron chi connectivity index (χ0n) is 11.2. The second-order valence-electron chi connectivity index (χ2n) is 5.53.